The Morgan fingerprint density at radius 3 is 2.58 bits per heavy atom. The average Bonchev–Trinajstić information content (AvgIpc) is 2.77. The van der Waals surface area contributed by atoms with E-state index in [0.717, 1.165) is 42.1 Å². The van der Waals surface area contributed by atoms with E-state index in [1.807, 2.05) is 26.0 Å². The topological polar surface area (TPSA) is 90.3 Å². The van der Waals surface area contributed by atoms with Crippen molar-refractivity contribution in [2.45, 2.75) is 43.5 Å². The van der Waals surface area contributed by atoms with Crippen LogP contribution in [-0.4, -0.2) is 37.4 Å². The second-order valence-corrected chi connectivity index (χ2v) is 10.7. The summed E-state index contributed by atoms with van der Waals surface area (Å²) in [4.78, 5) is 18.1. The monoisotopic (exact) mass is 473 g/mol. The molecule has 0 amide bonds. The van der Waals surface area contributed by atoms with Crippen LogP contribution >= 0.6 is 0 Å². The Bertz CT molecular complexity index is 1380. The molecule has 3 aromatic rings. The minimum Gasteiger partial charge on any atom is -0.381 e. The summed E-state index contributed by atoms with van der Waals surface area (Å²) in [5.41, 5.74) is 2.45. The third kappa shape index (κ3) is 4.65. The van der Waals surface area contributed by atoms with Gasteiger partial charge in [-0.05, 0) is 56.5 Å². The smallest absolute Gasteiger partial charge is 0.261 e. The van der Waals surface area contributed by atoms with Crippen molar-refractivity contribution in [1.82, 2.24) is 9.55 Å². The predicted octanol–water partition coefficient (Wildman–Crippen LogP) is 3.85. The molecule has 1 fully saturated rings. The van der Waals surface area contributed by atoms with Gasteiger partial charge in [-0.2, -0.15) is 0 Å². The summed E-state index contributed by atoms with van der Waals surface area (Å²) < 4.78 is 45.3. The summed E-state index contributed by atoms with van der Waals surface area (Å²) in [6, 6.07) is 7.03. The van der Waals surface area contributed by atoms with Gasteiger partial charge in [-0.1, -0.05) is 6.07 Å². The number of anilines is 1. The number of nitrogens with one attached hydrogen (secondary N) is 1. The van der Waals surface area contributed by atoms with E-state index in [9.17, 15) is 17.6 Å². The Morgan fingerprint density at radius 1 is 1.21 bits per heavy atom. The number of hydrogen-bond acceptors (Lipinski definition) is 6. The van der Waals surface area contributed by atoms with Crippen molar-refractivity contribution in [1.29, 1.82) is 0 Å². The van der Waals surface area contributed by atoms with Crippen LogP contribution in [0.5, 0.6) is 0 Å². The van der Waals surface area contributed by atoms with Crippen LogP contribution in [0.15, 0.2) is 40.0 Å². The van der Waals surface area contributed by atoms with Gasteiger partial charge in [0.2, 0.25) is 0 Å². The summed E-state index contributed by atoms with van der Waals surface area (Å²) >= 11 is 0. The number of fused-ring (bicyclic) bond motifs is 1. The molecule has 2 aromatic carbocycles. The number of benzene rings is 2. The second-order valence-electron chi connectivity index (χ2n) is 8.75. The molecule has 1 atom stereocenters. The first-order chi connectivity index (χ1) is 15.6. The van der Waals surface area contributed by atoms with Gasteiger partial charge in [0.1, 0.15) is 11.6 Å². The highest BCUT2D eigenvalue weighted by atomic mass is 32.2. The molecule has 1 aliphatic rings. The molecule has 1 aliphatic heterocycles. The van der Waals surface area contributed by atoms with Gasteiger partial charge in [-0.15, -0.1) is 0 Å². The fourth-order valence-corrected chi connectivity index (χ4v) is 5.31. The second kappa shape index (κ2) is 8.87. The number of aryl methyl sites for hydroxylation is 1. The highest BCUT2D eigenvalue weighted by Crippen LogP contribution is 2.31. The van der Waals surface area contributed by atoms with Gasteiger partial charge in [0, 0.05) is 38.0 Å². The SMILES string of the molecule is Cc1cc([C@H](C)Nc2ccc(F)cc2S(C)(=O)=O)c2nc(C3CCOCC3)n(C)c(=O)c2c1. The van der Waals surface area contributed by atoms with Gasteiger partial charge < -0.3 is 10.1 Å². The van der Waals surface area contributed by atoms with Crippen LogP contribution in [0, 0.1) is 12.7 Å². The molecule has 0 unspecified atom stereocenters. The normalized spacial score (nSPS) is 16.2. The first-order valence-electron chi connectivity index (χ1n) is 10.9. The lowest BCUT2D eigenvalue weighted by molar-refractivity contribution is 0.0828. The third-order valence-electron chi connectivity index (χ3n) is 6.16. The van der Waals surface area contributed by atoms with E-state index in [-0.39, 0.29) is 22.4 Å². The van der Waals surface area contributed by atoms with Crippen molar-refractivity contribution in [2.24, 2.45) is 7.05 Å². The van der Waals surface area contributed by atoms with Crippen LogP contribution in [0.3, 0.4) is 0 Å². The van der Waals surface area contributed by atoms with Crippen LogP contribution in [0.25, 0.3) is 10.9 Å². The van der Waals surface area contributed by atoms with E-state index in [1.165, 1.54) is 12.1 Å². The molecule has 1 aromatic heterocycles. The van der Waals surface area contributed by atoms with Gasteiger partial charge in [0.05, 0.1) is 27.5 Å². The zero-order valence-electron chi connectivity index (χ0n) is 19.2. The Morgan fingerprint density at radius 2 is 1.91 bits per heavy atom. The zero-order chi connectivity index (χ0) is 23.9. The van der Waals surface area contributed by atoms with Crippen molar-refractivity contribution in [2.75, 3.05) is 24.8 Å². The van der Waals surface area contributed by atoms with Crippen molar-refractivity contribution < 1.29 is 17.5 Å². The van der Waals surface area contributed by atoms with E-state index >= 15 is 0 Å². The van der Waals surface area contributed by atoms with E-state index < -0.39 is 15.7 Å². The van der Waals surface area contributed by atoms with Gasteiger partial charge in [0.25, 0.3) is 5.56 Å². The lowest BCUT2D eigenvalue weighted by atomic mass is 9.97. The molecule has 0 saturated carbocycles. The Kier molecular flexibility index (Phi) is 6.28. The van der Waals surface area contributed by atoms with Crippen molar-refractivity contribution in [3.8, 4) is 0 Å². The number of nitrogens with zero attached hydrogens (tertiary/aromatic N) is 2. The van der Waals surface area contributed by atoms with Crippen molar-refractivity contribution in [3.05, 3.63) is 63.5 Å². The summed E-state index contributed by atoms with van der Waals surface area (Å²) in [5, 5.41) is 3.71. The largest absolute Gasteiger partial charge is 0.381 e. The molecule has 1 N–H and O–H groups in total. The predicted molar refractivity (Wildman–Crippen MR) is 126 cm³/mol. The van der Waals surface area contributed by atoms with Gasteiger partial charge >= 0.3 is 0 Å². The third-order valence-corrected chi connectivity index (χ3v) is 7.29. The average molecular weight is 474 g/mol. The van der Waals surface area contributed by atoms with Crippen molar-refractivity contribution in [3.63, 3.8) is 0 Å². The zero-order valence-corrected chi connectivity index (χ0v) is 20.0. The lowest BCUT2D eigenvalue weighted by Gasteiger charge is -2.25. The Balaban J connectivity index is 1.84. The minimum atomic E-state index is -3.65. The molecule has 2 heterocycles. The van der Waals surface area contributed by atoms with Crippen LogP contribution in [-0.2, 0) is 21.6 Å². The summed E-state index contributed by atoms with van der Waals surface area (Å²) in [5.74, 6) is 0.236. The van der Waals surface area contributed by atoms with Crippen LogP contribution < -0.4 is 10.9 Å². The van der Waals surface area contributed by atoms with Gasteiger partial charge in [-0.25, -0.2) is 17.8 Å². The quantitative estimate of drug-likeness (QED) is 0.605. The maximum absolute atomic E-state index is 13.8. The van der Waals surface area contributed by atoms with Gasteiger partial charge in [-0.3, -0.25) is 9.36 Å². The fourth-order valence-electron chi connectivity index (χ4n) is 4.45. The van der Waals surface area contributed by atoms with Gasteiger partial charge in [0.15, 0.2) is 9.84 Å². The number of halogens is 1. The Labute approximate surface area is 192 Å². The molecule has 33 heavy (non-hydrogen) atoms. The van der Waals surface area contributed by atoms with Crippen LogP contribution in [0.2, 0.25) is 0 Å². The first kappa shape index (κ1) is 23.4. The fraction of sp³-hybridized carbons (Fsp3) is 0.417. The molecule has 0 spiro atoms. The maximum atomic E-state index is 13.8. The molecule has 0 aliphatic carbocycles. The van der Waals surface area contributed by atoms with E-state index in [4.69, 9.17) is 9.72 Å². The first-order valence-corrected chi connectivity index (χ1v) is 12.8. The summed E-state index contributed by atoms with van der Waals surface area (Å²) in [6.45, 7) is 5.05. The van der Waals surface area contributed by atoms with E-state index in [2.05, 4.69) is 5.32 Å². The minimum absolute atomic E-state index is 0.113. The summed E-state index contributed by atoms with van der Waals surface area (Å²) in [6.07, 6.45) is 2.65. The Hall–Kier alpha value is -2.78. The number of hydrogen-bond donors (Lipinski definition) is 1. The summed E-state index contributed by atoms with van der Waals surface area (Å²) in [7, 11) is -1.90. The van der Waals surface area contributed by atoms with E-state index in [0.29, 0.717) is 29.8 Å². The number of ether oxygens (including phenoxy) is 1. The standard InChI is InChI=1S/C24H28FN3O4S/c1-14-11-18(15(2)26-20-6-5-17(25)13-21(20)33(4,30)31)22-19(12-14)24(29)28(3)23(27-22)16-7-9-32-10-8-16/h5-6,11-13,15-16,26H,7-10H2,1-4H3/t15-/m0/s1. The molecule has 0 radical (unpaired) electrons. The highest BCUT2D eigenvalue weighted by molar-refractivity contribution is 7.90. The number of aromatic nitrogens is 2. The van der Waals surface area contributed by atoms with Crippen LogP contribution in [0.4, 0.5) is 10.1 Å². The van der Waals surface area contributed by atoms with Crippen molar-refractivity contribution >= 4 is 26.4 Å². The maximum Gasteiger partial charge on any atom is 0.261 e. The van der Waals surface area contributed by atoms with E-state index in [1.54, 1.807) is 11.6 Å². The molecule has 9 heteroatoms. The lowest BCUT2D eigenvalue weighted by Crippen LogP contribution is -2.27. The molecule has 7 nitrogen and oxygen atoms in total. The number of sulfone groups is 1. The van der Waals surface area contributed by atoms with Crippen LogP contribution in [0.1, 0.15) is 48.7 Å². The molecule has 1 saturated heterocycles. The molecular weight excluding hydrogens is 445 g/mol. The molecule has 0 bridgehead atoms. The molecule has 4 rings (SSSR count). The number of rotatable bonds is 5. The molecule has 176 valence electrons. The highest BCUT2D eigenvalue weighted by Gasteiger charge is 2.24. The molecular formula is C24H28FN3O4S.